The van der Waals surface area contributed by atoms with Gasteiger partial charge in [0.1, 0.15) is 11.0 Å². The fourth-order valence-corrected chi connectivity index (χ4v) is 3.97. The lowest BCUT2D eigenvalue weighted by Gasteiger charge is -2.16. The Labute approximate surface area is 176 Å². The van der Waals surface area contributed by atoms with Gasteiger partial charge in [0.25, 0.3) is 0 Å². The van der Waals surface area contributed by atoms with Crippen molar-refractivity contribution >= 4 is 63.3 Å². The molecule has 2 amide bonds. The number of halogens is 2. The monoisotopic (exact) mass is 437 g/mol. The van der Waals surface area contributed by atoms with Gasteiger partial charge in [0.05, 0.1) is 22.8 Å². The lowest BCUT2D eigenvalue weighted by atomic mass is 10.3. The zero-order chi connectivity index (χ0) is 20.3. The van der Waals surface area contributed by atoms with E-state index in [-0.39, 0.29) is 18.2 Å². The number of rotatable bonds is 4. The number of nitrogens with one attached hydrogen (secondary N) is 1. The number of hydrogen-bond acceptors (Lipinski definition) is 5. The van der Waals surface area contributed by atoms with Crippen LogP contribution in [-0.4, -0.2) is 36.4 Å². The first-order valence-electron chi connectivity index (χ1n) is 8.29. The van der Waals surface area contributed by atoms with E-state index in [1.807, 2.05) is 0 Å². The van der Waals surface area contributed by atoms with Crippen molar-refractivity contribution in [2.45, 2.75) is 11.7 Å². The van der Waals surface area contributed by atoms with Gasteiger partial charge >= 0.3 is 0 Å². The predicted molar refractivity (Wildman–Crippen MR) is 115 cm³/mol. The number of ether oxygens (including phenoxy) is 1. The van der Waals surface area contributed by atoms with Gasteiger partial charge < -0.3 is 10.1 Å². The van der Waals surface area contributed by atoms with E-state index in [9.17, 15) is 9.59 Å². The molecule has 1 N–H and O–H groups in total. The topological polar surface area (TPSA) is 71.0 Å². The minimum atomic E-state index is -0.576. The highest BCUT2D eigenvalue weighted by atomic mass is 35.5. The van der Waals surface area contributed by atoms with Crippen molar-refractivity contribution in [2.24, 2.45) is 4.99 Å². The lowest BCUT2D eigenvalue weighted by Crippen LogP contribution is -2.31. The molecule has 28 heavy (non-hydrogen) atoms. The molecule has 1 saturated heterocycles. The third-order valence-electron chi connectivity index (χ3n) is 4.04. The Morgan fingerprint density at radius 2 is 2.00 bits per heavy atom. The minimum Gasteiger partial charge on any atom is -0.497 e. The van der Waals surface area contributed by atoms with Crippen LogP contribution in [0.3, 0.4) is 0 Å². The number of nitrogens with zero attached hydrogens (tertiary/aromatic N) is 2. The summed E-state index contributed by atoms with van der Waals surface area (Å²) in [6.45, 7) is 0. The quantitative estimate of drug-likeness (QED) is 0.434. The zero-order valence-electron chi connectivity index (χ0n) is 15.1. The molecule has 0 aromatic heterocycles. The molecule has 2 aromatic rings. The van der Waals surface area contributed by atoms with Crippen molar-refractivity contribution in [1.29, 1.82) is 0 Å². The number of carbonyl (C=O) groups is 2. The van der Waals surface area contributed by atoms with E-state index in [1.54, 1.807) is 49.5 Å². The minimum absolute atomic E-state index is 0.0861. The van der Waals surface area contributed by atoms with E-state index in [2.05, 4.69) is 10.3 Å². The summed E-state index contributed by atoms with van der Waals surface area (Å²) in [5.74, 6) is 0.0207. The maximum Gasteiger partial charge on any atom is 0.247 e. The van der Waals surface area contributed by atoms with Crippen LogP contribution in [0.15, 0.2) is 47.5 Å². The maximum absolute atomic E-state index is 12.8. The van der Waals surface area contributed by atoms with Gasteiger partial charge in [-0.15, -0.1) is 0 Å². The highest BCUT2D eigenvalue weighted by Crippen LogP contribution is 2.32. The zero-order valence-corrected chi connectivity index (χ0v) is 17.4. The summed E-state index contributed by atoms with van der Waals surface area (Å²) < 4.78 is 5.17. The molecule has 1 atom stereocenters. The fraction of sp³-hybridized carbons (Fsp3) is 0.211. The number of carbonyl (C=O) groups excluding carboxylic acids is 2. The molecule has 3 rings (SSSR count). The summed E-state index contributed by atoms with van der Waals surface area (Å²) in [5.41, 5.74) is 1.17. The molecule has 1 heterocycles. The van der Waals surface area contributed by atoms with Crippen LogP contribution in [0, 0.1) is 0 Å². The molecule has 0 aliphatic carbocycles. The van der Waals surface area contributed by atoms with Crippen LogP contribution in [0.2, 0.25) is 10.0 Å². The second-order valence-corrected chi connectivity index (χ2v) is 7.87. The van der Waals surface area contributed by atoms with Crippen LogP contribution in [0.5, 0.6) is 5.75 Å². The normalized spacial score (nSPS) is 17.2. The molecule has 0 radical (unpaired) electrons. The van der Waals surface area contributed by atoms with E-state index < -0.39 is 5.25 Å². The summed E-state index contributed by atoms with van der Waals surface area (Å²) >= 11 is 13.2. The first kappa shape index (κ1) is 20.5. The first-order chi connectivity index (χ1) is 13.4. The van der Waals surface area contributed by atoms with Crippen LogP contribution < -0.4 is 15.0 Å². The van der Waals surface area contributed by atoms with Crippen LogP contribution in [0.1, 0.15) is 6.42 Å². The molecule has 2 aromatic carbocycles. The average molecular weight is 438 g/mol. The molecule has 1 aliphatic rings. The Bertz CT molecular complexity index is 952. The Morgan fingerprint density at radius 3 is 2.68 bits per heavy atom. The standard InChI is InChI=1S/C19H17Cl2N3O3S/c1-22-19(23-11-6-7-14(20)15(21)8-11)28-16-10-17(25)24(18(16)26)12-4-3-5-13(9-12)27-2/h3-9,16H,10H2,1-2H3,(H,22,23). The molecule has 0 saturated carbocycles. The molecule has 0 spiro atoms. The Balaban J connectivity index is 1.73. The van der Waals surface area contributed by atoms with E-state index in [1.165, 1.54) is 23.8 Å². The lowest BCUT2D eigenvalue weighted by molar-refractivity contribution is -0.121. The van der Waals surface area contributed by atoms with Crippen molar-refractivity contribution in [1.82, 2.24) is 0 Å². The second-order valence-electron chi connectivity index (χ2n) is 5.86. The van der Waals surface area contributed by atoms with E-state index in [4.69, 9.17) is 27.9 Å². The number of thioether (sulfide) groups is 1. The summed E-state index contributed by atoms with van der Waals surface area (Å²) in [7, 11) is 3.14. The van der Waals surface area contributed by atoms with Crippen molar-refractivity contribution in [3.8, 4) is 5.75 Å². The van der Waals surface area contributed by atoms with Gasteiger partial charge in [0, 0.05) is 25.2 Å². The third kappa shape index (κ3) is 4.43. The number of methoxy groups -OCH3 is 1. The molecule has 9 heteroatoms. The summed E-state index contributed by atoms with van der Waals surface area (Å²) in [6, 6.07) is 11.9. The largest absolute Gasteiger partial charge is 0.497 e. The molecule has 6 nitrogen and oxygen atoms in total. The van der Waals surface area contributed by atoms with E-state index >= 15 is 0 Å². The van der Waals surface area contributed by atoms with Gasteiger partial charge in [-0.3, -0.25) is 14.6 Å². The van der Waals surface area contributed by atoms with Gasteiger partial charge in [0.15, 0.2) is 5.17 Å². The average Bonchev–Trinajstić information content (AvgIpc) is 2.97. The van der Waals surface area contributed by atoms with Crippen molar-refractivity contribution in [3.05, 3.63) is 52.5 Å². The first-order valence-corrected chi connectivity index (χ1v) is 9.93. The van der Waals surface area contributed by atoms with Gasteiger partial charge in [-0.05, 0) is 30.3 Å². The Morgan fingerprint density at radius 1 is 1.21 bits per heavy atom. The number of hydrogen-bond donors (Lipinski definition) is 1. The molecule has 146 valence electrons. The van der Waals surface area contributed by atoms with Gasteiger partial charge in [-0.2, -0.15) is 0 Å². The number of anilines is 2. The Hall–Kier alpha value is -2.22. The van der Waals surface area contributed by atoms with Crippen LogP contribution in [0.25, 0.3) is 0 Å². The van der Waals surface area contributed by atoms with E-state index in [0.29, 0.717) is 32.3 Å². The summed E-state index contributed by atoms with van der Waals surface area (Å²) in [4.78, 5) is 30.7. The molecule has 1 fully saturated rings. The number of amides is 2. The number of amidine groups is 1. The second kappa shape index (κ2) is 8.86. The van der Waals surface area contributed by atoms with Crippen molar-refractivity contribution in [2.75, 3.05) is 24.4 Å². The predicted octanol–water partition coefficient (Wildman–Crippen LogP) is 4.47. The highest BCUT2D eigenvalue weighted by Gasteiger charge is 2.40. The molecule has 1 aliphatic heterocycles. The van der Waals surface area contributed by atoms with Crippen molar-refractivity contribution in [3.63, 3.8) is 0 Å². The van der Waals surface area contributed by atoms with Crippen LogP contribution in [-0.2, 0) is 9.59 Å². The number of benzene rings is 2. The molecule has 1 unspecified atom stereocenters. The summed E-state index contributed by atoms with van der Waals surface area (Å²) in [6.07, 6.45) is 0.0861. The van der Waals surface area contributed by atoms with Crippen molar-refractivity contribution < 1.29 is 14.3 Å². The third-order valence-corrected chi connectivity index (χ3v) is 5.94. The Kier molecular flexibility index (Phi) is 6.49. The van der Waals surface area contributed by atoms with Gasteiger partial charge in [-0.25, -0.2) is 4.90 Å². The smallest absolute Gasteiger partial charge is 0.247 e. The van der Waals surface area contributed by atoms with Gasteiger partial charge in [-0.1, -0.05) is 41.0 Å². The molecule has 0 bridgehead atoms. The number of imide groups is 1. The SMILES string of the molecule is CN=C(Nc1ccc(Cl)c(Cl)c1)SC1CC(=O)N(c2cccc(OC)c2)C1=O. The molecular weight excluding hydrogens is 421 g/mol. The maximum atomic E-state index is 12.8. The van der Waals surface area contributed by atoms with Crippen LogP contribution >= 0.6 is 35.0 Å². The van der Waals surface area contributed by atoms with Crippen LogP contribution in [0.4, 0.5) is 11.4 Å². The molecular formula is C19H17Cl2N3O3S. The van der Waals surface area contributed by atoms with Gasteiger partial charge in [0.2, 0.25) is 11.8 Å². The highest BCUT2D eigenvalue weighted by molar-refractivity contribution is 8.15. The van der Waals surface area contributed by atoms with E-state index in [0.717, 1.165) is 0 Å². The number of aliphatic imine (C=N–C) groups is 1. The fourth-order valence-electron chi connectivity index (χ4n) is 2.69. The summed E-state index contributed by atoms with van der Waals surface area (Å²) in [5, 5.41) is 3.87.